The zero-order valence-electron chi connectivity index (χ0n) is 9.47. The van der Waals surface area contributed by atoms with Crippen LogP contribution in [0.5, 0.6) is 0 Å². The Balaban J connectivity index is 2.74. The first kappa shape index (κ1) is 11.8. The van der Waals surface area contributed by atoms with Crippen LogP contribution in [0.4, 0.5) is 0 Å². The van der Waals surface area contributed by atoms with Gasteiger partial charge in [-0.25, -0.2) is 4.98 Å². The number of aromatic nitrogens is 2. The largest absolute Gasteiger partial charge is 0.481 e. The van der Waals surface area contributed by atoms with Gasteiger partial charge in [-0.2, -0.15) is 0 Å². The molecule has 0 bridgehead atoms. The molecule has 1 unspecified atom stereocenters. The Labute approximate surface area is 89.9 Å². The molecule has 4 heteroatoms. The summed E-state index contributed by atoms with van der Waals surface area (Å²) in [6, 6.07) is 0.207. The second-order valence-electron chi connectivity index (χ2n) is 4.47. The Morgan fingerprint density at radius 1 is 1.60 bits per heavy atom. The van der Waals surface area contributed by atoms with Crippen molar-refractivity contribution in [1.82, 2.24) is 9.55 Å². The first-order valence-corrected chi connectivity index (χ1v) is 5.18. The van der Waals surface area contributed by atoms with Crippen LogP contribution in [-0.2, 0) is 4.79 Å². The van der Waals surface area contributed by atoms with Crippen LogP contribution in [0.3, 0.4) is 0 Å². The van der Waals surface area contributed by atoms with Crippen molar-refractivity contribution in [2.24, 2.45) is 5.41 Å². The fraction of sp³-hybridized carbons (Fsp3) is 0.636. The molecular formula is C11H18N2O2. The molecule has 15 heavy (non-hydrogen) atoms. The Hall–Kier alpha value is -1.32. The van der Waals surface area contributed by atoms with Crippen molar-refractivity contribution in [3.63, 3.8) is 0 Å². The van der Waals surface area contributed by atoms with Crippen LogP contribution in [0, 0.1) is 5.41 Å². The van der Waals surface area contributed by atoms with Gasteiger partial charge in [0.15, 0.2) is 0 Å². The van der Waals surface area contributed by atoms with E-state index in [1.807, 2.05) is 10.8 Å². The summed E-state index contributed by atoms with van der Waals surface area (Å²) in [5.74, 6) is -0.749. The van der Waals surface area contributed by atoms with Crippen LogP contribution in [0.15, 0.2) is 18.7 Å². The first-order valence-electron chi connectivity index (χ1n) is 5.18. The number of hydrogen-bond acceptors (Lipinski definition) is 2. The lowest BCUT2D eigenvalue weighted by Gasteiger charge is -2.26. The Kier molecular flexibility index (Phi) is 3.50. The molecule has 4 nitrogen and oxygen atoms in total. The minimum Gasteiger partial charge on any atom is -0.481 e. The highest BCUT2D eigenvalue weighted by molar-refractivity contribution is 5.73. The number of hydrogen-bond donors (Lipinski definition) is 1. The van der Waals surface area contributed by atoms with Crippen LogP contribution in [0.1, 0.15) is 39.7 Å². The average Bonchev–Trinajstić information content (AvgIpc) is 2.66. The first-order chi connectivity index (χ1) is 6.97. The average molecular weight is 210 g/mol. The molecule has 84 valence electrons. The molecule has 1 rings (SSSR count). The normalized spacial score (nSPS) is 13.8. The summed E-state index contributed by atoms with van der Waals surface area (Å²) in [5, 5.41) is 9.06. The maximum absolute atomic E-state index is 11.0. The maximum atomic E-state index is 11.0. The topological polar surface area (TPSA) is 55.1 Å². The third kappa shape index (κ3) is 2.81. The quantitative estimate of drug-likeness (QED) is 0.811. The van der Waals surface area contributed by atoms with Crippen LogP contribution in [0.2, 0.25) is 0 Å². The third-order valence-corrected chi connectivity index (χ3v) is 2.74. The number of carboxylic acids is 1. The van der Waals surface area contributed by atoms with Gasteiger partial charge in [0.05, 0.1) is 11.7 Å². The molecule has 0 aliphatic rings. The number of imidazole rings is 1. The van der Waals surface area contributed by atoms with Gasteiger partial charge in [0, 0.05) is 18.4 Å². The van der Waals surface area contributed by atoms with Crippen LogP contribution in [-0.4, -0.2) is 20.6 Å². The van der Waals surface area contributed by atoms with Gasteiger partial charge in [0.25, 0.3) is 0 Å². The van der Waals surface area contributed by atoms with Gasteiger partial charge < -0.3 is 9.67 Å². The lowest BCUT2D eigenvalue weighted by molar-refractivity contribution is -0.147. The molecule has 1 aromatic heterocycles. The van der Waals surface area contributed by atoms with E-state index < -0.39 is 11.4 Å². The molecule has 0 saturated heterocycles. The van der Waals surface area contributed by atoms with Gasteiger partial charge in [-0.1, -0.05) is 6.92 Å². The van der Waals surface area contributed by atoms with E-state index in [0.717, 1.165) is 6.42 Å². The van der Waals surface area contributed by atoms with E-state index >= 15 is 0 Å². The number of carbonyl (C=O) groups is 1. The smallest absolute Gasteiger partial charge is 0.309 e. The Morgan fingerprint density at radius 2 is 2.27 bits per heavy atom. The van der Waals surface area contributed by atoms with Gasteiger partial charge in [0.1, 0.15) is 0 Å². The van der Waals surface area contributed by atoms with E-state index in [1.54, 1.807) is 26.4 Å². The van der Waals surface area contributed by atoms with Crippen molar-refractivity contribution in [1.29, 1.82) is 0 Å². The van der Waals surface area contributed by atoms with E-state index in [-0.39, 0.29) is 6.04 Å². The standard InChI is InChI=1S/C11H18N2O2/c1-4-9(13-6-5-12-8-13)7-11(2,3)10(14)15/h5-6,8-9H,4,7H2,1-3H3,(H,14,15). The summed E-state index contributed by atoms with van der Waals surface area (Å²) < 4.78 is 1.98. The van der Waals surface area contributed by atoms with Gasteiger partial charge in [-0.3, -0.25) is 4.79 Å². The Bertz CT molecular complexity index is 317. The van der Waals surface area contributed by atoms with Gasteiger partial charge in [0.2, 0.25) is 0 Å². The number of carboxylic acid groups (broad SMARTS) is 1. The molecule has 0 radical (unpaired) electrons. The van der Waals surface area contributed by atoms with E-state index in [9.17, 15) is 4.79 Å². The molecule has 0 amide bonds. The van der Waals surface area contributed by atoms with Crippen molar-refractivity contribution in [2.75, 3.05) is 0 Å². The molecule has 1 N–H and O–H groups in total. The molecule has 1 heterocycles. The monoisotopic (exact) mass is 210 g/mol. The Morgan fingerprint density at radius 3 is 2.67 bits per heavy atom. The summed E-state index contributed by atoms with van der Waals surface area (Å²) in [6.07, 6.45) is 6.87. The molecule has 0 fully saturated rings. The van der Waals surface area contributed by atoms with Crippen molar-refractivity contribution >= 4 is 5.97 Å². The summed E-state index contributed by atoms with van der Waals surface area (Å²) in [4.78, 5) is 15.0. The minimum atomic E-state index is -0.749. The predicted octanol–water partition coefficient (Wildman–Crippen LogP) is 2.34. The summed E-state index contributed by atoms with van der Waals surface area (Å²) >= 11 is 0. The third-order valence-electron chi connectivity index (χ3n) is 2.74. The lowest BCUT2D eigenvalue weighted by atomic mass is 9.85. The highest BCUT2D eigenvalue weighted by atomic mass is 16.4. The highest BCUT2D eigenvalue weighted by Gasteiger charge is 2.30. The van der Waals surface area contributed by atoms with Gasteiger partial charge >= 0.3 is 5.97 Å². The van der Waals surface area contributed by atoms with Gasteiger partial charge in [-0.15, -0.1) is 0 Å². The molecule has 0 saturated carbocycles. The zero-order chi connectivity index (χ0) is 11.5. The second kappa shape index (κ2) is 4.47. The molecule has 0 aromatic carbocycles. The second-order valence-corrected chi connectivity index (χ2v) is 4.47. The van der Waals surface area contributed by atoms with E-state index in [2.05, 4.69) is 11.9 Å². The molecule has 0 spiro atoms. The highest BCUT2D eigenvalue weighted by Crippen LogP contribution is 2.30. The molecule has 0 aliphatic carbocycles. The predicted molar refractivity (Wildman–Crippen MR) is 57.6 cm³/mol. The molecule has 1 aromatic rings. The fourth-order valence-electron chi connectivity index (χ4n) is 1.62. The number of rotatable bonds is 5. The summed E-state index contributed by atoms with van der Waals surface area (Å²) in [7, 11) is 0. The van der Waals surface area contributed by atoms with Crippen LogP contribution >= 0.6 is 0 Å². The van der Waals surface area contributed by atoms with E-state index in [0.29, 0.717) is 6.42 Å². The molecular weight excluding hydrogens is 192 g/mol. The summed E-state index contributed by atoms with van der Waals surface area (Å²) in [6.45, 7) is 5.58. The van der Waals surface area contributed by atoms with Gasteiger partial charge in [-0.05, 0) is 26.7 Å². The van der Waals surface area contributed by atoms with Crippen molar-refractivity contribution in [3.8, 4) is 0 Å². The molecule has 1 atom stereocenters. The van der Waals surface area contributed by atoms with E-state index in [1.165, 1.54) is 0 Å². The fourth-order valence-corrected chi connectivity index (χ4v) is 1.62. The number of nitrogens with zero attached hydrogens (tertiary/aromatic N) is 2. The maximum Gasteiger partial charge on any atom is 0.309 e. The van der Waals surface area contributed by atoms with Crippen molar-refractivity contribution in [2.45, 2.75) is 39.7 Å². The number of aliphatic carboxylic acids is 1. The summed E-state index contributed by atoms with van der Waals surface area (Å²) in [5.41, 5.74) is -0.690. The van der Waals surface area contributed by atoms with Crippen molar-refractivity contribution < 1.29 is 9.90 Å². The van der Waals surface area contributed by atoms with Crippen molar-refractivity contribution in [3.05, 3.63) is 18.7 Å². The van der Waals surface area contributed by atoms with Crippen LogP contribution < -0.4 is 0 Å². The minimum absolute atomic E-state index is 0.207. The molecule has 0 aliphatic heterocycles. The van der Waals surface area contributed by atoms with E-state index in [4.69, 9.17) is 5.11 Å². The SMILES string of the molecule is CCC(CC(C)(C)C(=O)O)n1ccnc1. The van der Waals surface area contributed by atoms with Crippen LogP contribution in [0.25, 0.3) is 0 Å². The zero-order valence-corrected chi connectivity index (χ0v) is 9.47. The lowest BCUT2D eigenvalue weighted by Crippen LogP contribution is -2.27.